The third kappa shape index (κ3) is 2.95. The van der Waals surface area contributed by atoms with Crippen molar-refractivity contribution in [2.24, 2.45) is 0 Å². The highest BCUT2D eigenvalue weighted by Gasteiger charge is 2.12. The number of rotatable bonds is 5. The summed E-state index contributed by atoms with van der Waals surface area (Å²) in [5, 5.41) is 14.7. The van der Waals surface area contributed by atoms with Crippen LogP contribution >= 0.6 is 0 Å². The SMILES string of the molecule is Cc1c([O-])on[n+]1CCCS(=O)c1ccccc1. The molecule has 0 fully saturated rings. The Balaban J connectivity index is 1.86. The van der Waals surface area contributed by atoms with E-state index in [1.165, 1.54) is 4.68 Å². The molecule has 2 aromatic rings. The Labute approximate surface area is 107 Å². The Morgan fingerprint density at radius 2 is 2.11 bits per heavy atom. The van der Waals surface area contributed by atoms with E-state index < -0.39 is 16.7 Å². The second-order valence-electron chi connectivity index (χ2n) is 3.89. The lowest BCUT2D eigenvalue weighted by molar-refractivity contribution is -0.767. The predicted octanol–water partition coefficient (Wildman–Crippen LogP) is 0.542. The number of hydrogen-bond acceptors (Lipinski definition) is 4. The lowest BCUT2D eigenvalue weighted by Gasteiger charge is -1.99. The van der Waals surface area contributed by atoms with E-state index in [9.17, 15) is 9.32 Å². The van der Waals surface area contributed by atoms with Crippen molar-refractivity contribution < 1.29 is 18.5 Å². The molecule has 0 spiro atoms. The van der Waals surface area contributed by atoms with Crippen molar-refractivity contribution in [1.29, 1.82) is 0 Å². The molecular formula is C12H14N2O3S. The van der Waals surface area contributed by atoms with Gasteiger partial charge in [-0.3, -0.25) is 4.21 Å². The number of nitrogens with zero attached hydrogens (tertiary/aromatic N) is 2. The summed E-state index contributed by atoms with van der Waals surface area (Å²) in [6.45, 7) is 2.20. The number of aromatic nitrogens is 2. The second kappa shape index (κ2) is 5.77. The van der Waals surface area contributed by atoms with Gasteiger partial charge in [0.25, 0.3) is 0 Å². The van der Waals surface area contributed by atoms with Gasteiger partial charge in [0.15, 0.2) is 12.5 Å². The van der Waals surface area contributed by atoms with Crippen LogP contribution in [0.25, 0.3) is 0 Å². The van der Waals surface area contributed by atoms with E-state index in [4.69, 9.17) is 0 Å². The quantitative estimate of drug-likeness (QED) is 0.741. The van der Waals surface area contributed by atoms with E-state index in [1.54, 1.807) is 6.92 Å². The fourth-order valence-electron chi connectivity index (χ4n) is 1.56. The summed E-state index contributed by atoms with van der Waals surface area (Å²) in [4.78, 5) is 0.823. The molecule has 0 aliphatic rings. The minimum absolute atomic E-state index is 0.417. The van der Waals surface area contributed by atoms with E-state index in [-0.39, 0.29) is 0 Å². The van der Waals surface area contributed by atoms with Crippen LogP contribution in [0.4, 0.5) is 0 Å². The van der Waals surface area contributed by atoms with Crippen molar-refractivity contribution in [2.75, 3.05) is 5.75 Å². The van der Waals surface area contributed by atoms with Crippen molar-refractivity contribution in [2.45, 2.75) is 24.8 Å². The molecule has 96 valence electrons. The van der Waals surface area contributed by atoms with Crippen molar-refractivity contribution in [3.05, 3.63) is 36.0 Å². The molecule has 0 saturated heterocycles. The van der Waals surface area contributed by atoms with Gasteiger partial charge in [0.05, 0.1) is 16.1 Å². The van der Waals surface area contributed by atoms with Gasteiger partial charge in [-0.05, 0) is 12.1 Å². The first-order valence-corrected chi connectivity index (χ1v) is 6.97. The lowest BCUT2D eigenvalue weighted by atomic mass is 10.4. The Hall–Kier alpha value is -1.69. The molecule has 0 amide bonds. The number of benzene rings is 1. The van der Waals surface area contributed by atoms with Gasteiger partial charge in [0, 0.05) is 24.0 Å². The van der Waals surface area contributed by atoms with Crippen LogP contribution in [0.3, 0.4) is 0 Å². The minimum Gasteiger partial charge on any atom is -0.539 e. The van der Waals surface area contributed by atoms with E-state index >= 15 is 0 Å². The van der Waals surface area contributed by atoms with Gasteiger partial charge in [0.1, 0.15) is 0 Å². The van der Waals surface area contributed by atoms with Crippen molar-refractivity contribution in [3.8, 4) is 5.95 Å². The molecule has 0 radical (unpaired) electrons. The van der Waals surface area contributed by atoms with Gasteiger partial charge < -0.3 is 9.63 Å². The maximum Gasteiger partial charge on any atom is 0.230 e. The maximum absolute atomic E-state index is 11.9. The highest BCUT2D eigenvalue weighted by molar-refractivity contribution is 7.85. The van der Waals surface area contributed by atoms with Crippen LogP contribution in [0.5, 0.6) is 5.95 Å². The summed E-state index contributed by atoms with van der Waals surface area (Å²) in [7, 11) is -1.01. The normalized spacial score (nSPS) is 12.5. The van der Waals surface area contributed by atoms with E-state index in [0.717, 1.165) is 4.90 Å². The largest absolute Gasteiger partial charge is 0.539 e. The molecule has 1 heterocycles. The fourth-order valence-corrected chi connectivity index (χ4v) is 2.65. The van der Waals surface area contributed by atoms with Crippen LogP contribution in [0, 0.1) is 6.92 Å². The highest BCUT2D eigenvalue weighted by atomic mass is 32.2. The molecule has 0 aliphatic carbocycles. The molecule has 0 aliphatic heterocycles. The molecule has 5 nitrogen and oxygen atoms in total. The lowest BCUT2D eigenvalue weighted by Crippen LogP contribution is -2.38. The van der Waals surface area contributed by atoms with E-state index in [1.807, 2.05) is 30.3 Å². The summed E-state index contributed by atoms with van der Waals surface area (Å²) < 4.78 is 17.9. The molecule has 6 heteroatoms. The molecule has 0 saturated carbocycles. The van der Waals surface area contributed by atoms with Crippen LogP contribution in [-0.2, 0) is 17.3 Å². The molecule has 1 aromatic heterocycles. The topological polar surface area (TPSA) is 70.0 Å². The maximum atomic E-state index is 11.9. The van der Waals surface area contributed by atoms with Crippen LogP contribution < -0.4 is 9.79 Å². The summed E-state index contributed by atoms with van der Waals surface area (Å²) in [5.41, 5.74) is 0.473. The molecule has 1 aromatic carbocycles. The minimum atomic E-state index is -1.01. The zero-order valence-corrected chi connectivity index (χ0v) is 10.9. The molecule has 0 bridgehead atoms. The van der Waals surface area contributed by atoms with Crippen LogP contribution in [0.1, 0.15) is 12.1 Å². The summed E-state index contributed by atoms with van der Waals surface area (Å²) in [6.07, 6.45) is 0.680. The molecular weight excluding hydrogens is 252 g/mol. The first kappa shape index (κ1) is 12.8. The Kier molecular flexibility index (Phi) is 4.09. The summed E-state index contributed by atoms with van der Waals surface area (Å²) in [6, 6.07) is 9.33. The van der Waals surface area contributed by atoms with Gasteiger partial charge in [-0.1, -0.05) is 22.9 Å². The van der Waals surface area contributed by atoms with Gasteiger partial charge in [-0.15, -0.1) is 0 Å². The predicted molar refractivity (Wildman–Crippen MR) is 63.2 cm³/mol. The van der Waals surface area contributed by atoms with E-state index in [0.29, 0.717) is 24.4 Å². The molecule has 0 N–H and O–H groups in total. The average molecular weight is 266 g/mol. The van der Waals surface area contributed by atoms with Crippen LogP contribution in [0.15, 0.2) is 39.8 Å². The Morgan fingerprint density at radius 1 is 1.39 bits per heavy atom. The van der Waals surface area contributed by atoms with Crippen molar-refractivity contribution >= 4 is 10.8 Å². The molecule has 18 heavy (non-hydrogen) atoms. The second-order valence-corrected chi connectivity index (χ2v) is 5.46. The number of hydrogen-bond donors (Lipinski definition) is 0. The van der Waals surface area contributed by atoms with Gasteiger partial charge in [-0.25, -0.2) is 0 Å². The summed E-state index contributed by atoms with van der Waals surface area (Å²) in [5.74, 6) is 0.122. The number of aryl methyl sites for hydroxylation is 1. The molecule has 1 atom stereocenters. The first-order chi connectivity index (χ1) is 8.68. The zero-order chi connectivity index (χ0) is 13.0. The third-order valence-electron chi connectivity index (χ3n) is 2.61. The smallest absolute Gasteiger partial charge is 0.230 e. The Morgan fingerprint density at radius 3 is 2.72 bits per heavy atom. The monoisotopic (exact) mass is 266 g/mol. The fraction of sp³-hybridized carbons (Fsp3) is 0.333. The van der Waals surface area contributed by atoms with Gasteiger partial charge in [-0.2, -0.15) is 0 Å². The highest BCUT2D eigenvalue weighted by Crippen LogP contribution is 2.07. The standard InChI is InChI=1S/C12H14N2O3S/c1-10-12(15)17-13-14(10)8-5-9-18(16)11-6-3-2-4-7-11/h2-4,6-7H,5,8-9H2,1H3. The Bertz CT molecular complexity index is 540. The van der Waals surface area contributed by atoms with Gasteiger partial charge >= 0.3 is 0 Å². The van der Waals surface area contributed by atoms with Crippen molar-refractivity contribution in [1.82, 2.24) is 5.27 Å². The first-order valence-electron chi connectivity index (χ1n) is 5.65. The van der Waals surface area contributed by atoms with E-state index in [2.05, 4.69) is 9.79 Å². The zero-order valence-electron chi connectivity index (χ0n) is 10.0. The summed E-state index contributed by atoms with van der Waals surface area (Å²) >= 11 is 0. The van der Waals surface area contributed by atoms with Crippen LogP contribution in [-0.4, -0.2) is 15.2 Å². The van der Waals surface area contributed by atoms with Crippen molar-refractivity contribution in [3.63, 3.8) is 0 Å². The van der Waals surface area contributed by atoms with Gasteiger partial charge in [0.2, 0.25) is 5.69 Å². The van der Waals surface area contributed by atoms with Crippen LogP contribution in [0.2, 0.25) is 0 Å². The molecule has 2 rings (SSSR count). The third-order valence-corrected chi connectivity index (χ3v) is 4.07. The average Bonchev–Trinajstić information content (AvgIpc) is 2.71. The molecule has 1 unspecified atom stereocenters.